The Balaban J connectivity index is 1.53. The van der Waals surface area contributed by atoms with Gasteiger partial charge >= 0.3 is 0 Å². The Morgan fingerprint density at radius 1 is 1.12 bits per heavy atom. The van der Waals surface area contributed by atoms with Crippen LogP contribution in [0.15, 0.2) is 48.5 Å². The van der Waals surface area contributed by atoms with E-state index in [9.17, 15) is 14.9 Å². The van der Waals surface area contributed by atoms with Crippen molar-refractivity contribution in [2.24, 2.45) is 0 Å². The molecule has 1 aliphatic heterocycles. The van der Waals surface area contributed by atoms with Crippen LogP contribution in [0.4, 0.5) is 17.1 Å². The largest absolute Gasteiger partial charge is 0.369 e. The molecule has 7 nitrogen and oxygen atoms in total. The summed E-state index contributed by atoms with van der Waals surface area (Å²) < 4.78 is 0. The molecule has 1 heterocycles. The molecule has 2 aromatic carbocycles. The highest BCUT2D eigenvalue weighted by molar-refractivity contribution is 5.93. The molecule has 0 aromatic heterocycles. The number of carbonyl (C=O) groups excluding carboxylic acids is 1. The summed E-state index contributed by atoms with van der Waals surface area (Å²) in [6.07, 6.45) is 0. The zero-order chi connectivity index (χ0) is 18.5. The van der Waals surface area contributed by atoms with Crippen molar-refractivity contribution in [1.29, 1.82) is 0 Å². The number of nitrogens with one attached hydrogen (secondary N) is 1. The Labute approximate surface area is 152 Å². The van der Waals surface area contributed by atoms with Gasteiger partial charge in [0.1, 0.15) is 0 Å². The highest BCUT2D eigenvalue weighted by Crippen LogP contribution is 2.22. The third-order valence-corrected chi connectivity index (χ3v) is 4.57. The molecule has 2 aromatic rings. The van der Waals surface area contributed by atoms with Gasteiger partial charge in [0.05, 0.1) is 17.2 Å². The molecule has 3 rings (SSSR count). The van der Waals surface area contributed by atoms with Crippen molar-refractivity contribution >= 4 is 23.0 Å². The van der Waals surface area contributed by atoms with Crippen LogP contribution in [0.3, 0.4) is 0 Å². The van der Waals surface area contributed by atoms with Crippen molar-refractivity contribution in [3.8, 4) is 0 Å². The Kier molecular flexibility index (Phi) is 5.48. The van der Waals surface area contributed by atoms with Gasteiger partial charge in [-0.05, 0) is 24.6 Å². The highest BCUT2D eigenvalue weighted by Gasteiger charge is 2.19. The molecule has 136 valence electrons. The number of hydrogen-bond donors (Lipinski definition) is 1. The van der Waals surface area contributed by atoms with Crippen LogP contribution in [0.5, 0.6) is 0 Å². The SMILES string of the molecule is Cc1ccc([N+](=O)[O-])cc1NC(=O)CN1CCN(c2ccccc2)CC1. The number of benzene rings is 2. The summed E-state index contributed by atoms with van der Waals surface area (Å²) in [5.41, 5.74) is 2.47. The predicted molar refractivity (Wildman–Crippen MR) is 102 cm³/mol. The Morgan fingerprint density at radius 2 is 1.81 bits per heavy atom. The molecule has 0 atom stereocenters. The van der Waals surface area contributed by atoms with Crippen LogP contribution in [-0.4, -0.2) is 48.5 Å². The lowest BCUT2D eigenvalue weighted by Gasteiger charge is -2.35. The molecule has 0 bridgehead atoms. The zero-order valence-electron chi connectivity index (χ0n) is 14.7. The molecule has 0 unspecified atom stereocenters. The number of para-hydroxylation sites is 1. The average Bonchev–Trinajstić information content (AvgIpc) is 2.64. The zero-order valence-corrected chi connectivity index (χ0v) is 14.7. The van der Waals surface area contributed by atoms with Crippen molar-refractivity contribution in [1.82, 2.24) is 4.90 Å². The second-order valence-electron chi connectivity index (χ2n) is 6.40. The second-order valence-corrected chi connectivity index (χ2v) is 6.40. The number of nitrogens with zero attached hydrogens (tertiary/aromatic N) is 3. The van der Waals surface area contributed by atoms with E-state index in [1.54, 1.807) is 6.07 Å². The van der Waals surface area contributed by atoms with E-state index in [0.717, 1.165) is 31.7 Å². The van der Waals surface area contributed by atoms with Crippen molar-refractivity contribution in [2.45, 2.75) is 6.92 Å². The number of nitro benzene ring substituents is 1. The minimum absolute atomic E-state index is 0.0256. The first-order valence-electron chi connectivity index (χ1n) is 8.60. The minimum atomic E-state index is -0.460. The highest BCUT2D eigenvalue weighted by atomic mass is 16.6. The fourth-order valence-corrected chi connectivity index (χ4v) is 3.05. The van der Waals surface area contributed by atoms with Crippen LogP contribution in [0, 0.1) is 17.0 Å². The summed E-state index contributed by atoms with van der Waals surface area (Å²) in [5.74, 6) is -0.151. The van der Waals surface area contributed by atoms with Gasteiger partial charge in [-0.15, -0.1) is 0 Å². The monoisotopic (exact) mass is 354 g/mol. The molecule has 0 radical (unpaired) electrons. The van der Waals surface area contributed by atoms with Gasteiger partial charge in [0.2, 0.25) is 5.91 Å². The molecule has 1 N–H and O–H groups in total. The second kappa shape index (κ2) is 7.97. The first kappa shape index (κ1) is 17.9. The number of amides is 1. The van der Waals surface area contributed by atoms with E-state index in [2.05, 4.69) is 27.2 Å². The van der Waals surface area contributed by atoms with Crippen LogP contribution in [0.25, 0.3) is 0 Å². The number of anilines is 2. The molecular weight excluding hydrogens is 332 g/mol. The maximum atomic E-state index is 12.3. The fraction of sp³-hybridized carbons (Fsp3) is 0.316. The number of non-ortho nitro benzene ring substituents is 1. The van der Waals surface area contributed by atoms with Crippen molar-refractivity contribution in [3.63, 3.8) is 0 Å². The van der Waals surface area contributed by atoms with Gasteiger partial charge in [0.15, 0.2) is 0 Å². The van der Waals surface area contributed by atoms with E-state index in [0.29, 0.717) is 5.69 Å². The molecule has 0 spiro atoms. The van der Waals surface area contributed by atoms with Gasteiger partial charge in [0, 0.05) is 44.0 Å². The Morgan fingerprint density at radius 3 is 2.46 bits per heavy atom. The molecule has 0 aliphatic carbocycles. The minimum Gasteiger partial charge on any atom is -0.369 e. The van der Waals surface area contributed by atoms with Gasteiger partial charge < -0.3 is 10.2 Å². The van der Waals surface area contributed by atoms with E-state index in [1.165, 1.54) is 17.8 Å². The first-order chi connectivity index (χ1) is 12.5. The van der Waals surface area contributed by atoms with Crippen molar-refractivity contribution in [2.75, 3.05) is 42.9 Å². The lowest BCUT2D eigenvalue weighted by Crippen LogP contribution is -2.48. The van der Waals surface area contributed by atoms with E-state index in [4.69, 9.17) is 0 Å². The number of nitro groups is 1. The molecule has 1 saturated heterocycles. The van der Waals surface area contributed by atoms with Gasteiger partial charge in [-0.25, -0.2) is 0 Å². The summed E-state index contributed by atoms with van der Waals surface area (Å²) in [6, 6.07) is 14.7. The van der Waals surface area contributed by atoms with Crippen molar-refractivity contribution < 1.29 is 9.72 Å². The quantitative estimate of drug-likeness (QED) is 0.660. The van der Waals surface area contributed by atoms with Crippen LogP contribution in [-0.2, 0) is 4.79 Å². The summed E-state index contributed by atoms with van der Waals surface area (Å²) in [4.78, 5) is 27.2. The fourth-order valence-electron chi connectivity index (χ4n) is 3.05. The first-order valence-corrected chi connectivity index (χ1v) is 8.60. The summed E-state index contributed by atoms with van der Waals surface area (Å²) in [7, 11) is 0. The predicted octanol–water partition coefficient (Wildman–Crippen LogP) is 2.66. The van der Waals surface area contributed by atoms with Gasteiger partial charge in [-0.3, -0.25) is 19.8 Å². The van der Waals surface area contributed by atoms with Crippen LogP contribution < -0.4 is 10.2 Å². The average molecular weight is 354 g/mol. The molecule has 0 saturated carbocycles. The summed E-state index contributed by atoms with van der Waals surface area (Å²) >= 11 is 0. The number of carbonyl (C=O) groups is 1. The maximum Gasteiger partial charge on any atom is 0.271 e. The molecule has 1 fully saturated rings. The molecule has 1 amide bonds. The Hall–Kier alpha value is -2.93. The van der Waals surface area contributed by atoms with Crippen LogP contribution in [0.1, 0.15) is 5.56 Å². The number of piperazine rings is 1. The van der Waals surface area contributed by atoms with E-state index in [-0.39, 0.29) is 18.1 Å². The van der Waals surface area contributed by atoms with E-state index >= 15 is 0 Å². The van der Waals surface area contributed by atoms with Gasteiger partial charge in [0.25, 0.3) is 5.69 Å². The van der Waals surface area contributed by atoms with E-state index in [1.807, 2.05) is 25.1 Å². The molecule has 1 aliphatic rings. The van der Waals surface area contributed by atoms with Crippen LogP contribution >= 0.6 is 0 Å². The lowest BCUT2D eigenvalue weighted by atomic mass is 10.2. The van der Waals surface area contributed by atoms with Gasteiger partial charge in [-0.1, -0.05) is 24.3 Å². The Bertz CT molecular complexity index is 787. The standard InChI is InChI=1S/C19H22N4O3/c1-15-7-8-17(23(25)26)13-18(15)20-19(24)14-21-9-11-22(12-10-21)16-5-3-2-4-6-16/h2-8,13H,9-12,14H2,1H3,(H,20,24). The topological polar surface area (TPSA) is 78.7 Å². The van der Waals surface area contributed by atoms with Crippen molar-refractivity contribution in [3.05, 3.63) is 64.2 Å². The normalized spacial score (nSPS) is 14.9. The molecule has 7 heteroatoms. The number of aryl methyl sites for hydroxylation is 1. The lowest BCUT2D eigenvalue weighted by molar-refractivity contribution is -0.384. The smallest absolute Gasteiger partial charge is 0.271 e. The number of hydrogen-bond acceptors (Lipinski definition) is 5. The third-order valence-electron chi connectivity index (χ3n) is 4.57. The summed E-state index contributed by atoms with van der Waals surface area (Å²) in [5, 5.41) is 13.7. The number of rotatable bonds is 5. The van der Waals surface area contributed by atoms with Crippen LogP contribution in [0.2, 0.25) is 0 Å². The molecular formula is C19H22N4O3. The third kappa shape index (κ3) is 4.37. The maximum absolute atomic E-state index is 12.3. The molecule has 26 heavy (non-hydrogen) atoms. The van der Waals surface area contributed by atoms with Gasteiger partial charge in [-0.2, -0.15) is 0 Å². The summed E-state index contributed by atoms with van der Waals surface area (Å²) in [6.45, 7) is 5.44. The van der Waals surface area contributed by atoms with E-state index < -0.39 is 4.92 Å².